The van der Waals surface area contributed by atoms with Gasteiger partial charge in [-0.15, -0.1) is 24.8 Å². The van der Waals surface area contributed by atoms with E-state index in [-0.39, 0.29) is 36.8 Å². The topological polar surface area (TPSA) is 44.4 Å². The van der Waals surface area contributed by atoms with E-state index < -0.39 is 0 Å². The lowest BCUT2D eigenvalue weighted by atomic mass is 10.2. The van der Waals surface area contributed by atoms with E-state index in [1.165, 1.54) is 0 Å². The summed E-state index contributed by atoms with van der Waals surface area (Å²) in [7, 11) is 0. The summed E-state index contributed by atoms with van der Waals surface area (Å²) in [6.07, 6.45) is 0. The molecule has 1 aromatic rings. The smallest absolute Gasteiger partial charge is 0.241 e. The minimum absolute atomic E-state index is 0. The molecule has 0 saturated carbocycles. The molecule has 0 radical (unpaired) electrons. The number of nitrogens with zero attached hydrogens (tertiary/aromatic N) is 1. The molecule has 0 aliphatic carbocycles. The maximum Gasteiger partial charge on any atom is 0.241 e. The second-order valence-corrected chi connectivity index (χ2v) is 5.71. The molecule has 0 spiro atoms. The zero-order valence-electron chi connectivity index (χ0n) is 11.3. The van der Waals surface area contributed by atoms with Crippen LogP contribution < -0.4 is 10.6 Å². The highest BCUT2D eigenvalue weighted by molar-refractivity contribution is 14.1. The maximum absolute atomic E-state index is 12.1. The normalized spacial score (nSPS) is 16.5. The molecule has 1 saturated heterocycles. The van der Waals surface area contributed by atoms with Crippen LogP contribution in [-0.2, 0) is 4.79 Å². The lowest BCUT2D eigenvalue weighted by Gasteiger charge is -2.31. The summed E-state index contributed by atoms with van der Waals surface area (Å²) >= 11 is 2.24. The second-order valence-electron chi connectivity index (χ2n) is 4.46. The average molecular weight is 432 g/mol. The zero-order chi connectivity index (χ0) is 13.0. The van der Waals surface area contributed by atoms with Gasteiger partial charge in [0.05, 0.1) is 6.04 Å². The molecule has 1 fully saturated rings. The van der Waals surface area contributed by atoms with E-state index in [0.717, 1.165) is 35.4 Å². The number of anilines is 1. The fourth-order valence-electron chi connectivity index (χ4n) is 2.05. The van der Waals surface area contributed by atoms with Gasteiger partial charge in [-0.05, 0) is 47.7 Å². The first-order valence-corrected chi connectivity index (χ1v) is 7.26. The molecule has 1 aromatic carbocycles. The number of benzene rings is 1. The summed E-state index contributed by atoms with van der Waals surface area (Å²) in [4.78, 5) is 14.4. The number of rotatable bonds is 3. The van der Waals surface area contributed by atoms with Crippen molar-refractivity contribution in [1.29, 1.82) is 0 Å². The number of carbonyl (C=O) groups is 1. The fraction of sp³-hybridized carbons (Fsp3) is 0.462. The van der Waals surface area contributed by atoms with Crippen LogP contribution in [-0.4, -0.2) is 43.0 Å². The predicted octanol–water partition coefficient (Wildman–Crippen LogP) is 2.37. The van der Waals surface area contributed by atoms with Crippen molar-refractivity contribution in [3.8, 4) is 0 Å². The van der Waals surface area contributed by atoms with Crippen molar-refractivity contribution < 1.29 is 4.79 Å². The van der Waals surface area contributed by atoms with Crippen molar-refractivity contribution in [3.05, 3.63) is 27.8 Å². The molecule has 2 N–H and O–H groups in total. The molecule has 20 heavy (non-hydrogen) atoms. The first kappa shape index (κ1) is 19.9. The highest BCUT2D eigenvalue weighted by Gasteiger charge is 2.22. The third kappa shape index (κ3) is 5.73. The number of nitrogens with one attached hydrogen (secondary N) is 2. The Morgan fingerprint density at radius 1 is 1.35 bits per heavy atom. The molecule has 0 bridgehead atoms. The molecule has 114 valence electrons. The highest BCUT2D eigenvalue weighted by Crippen LogP contribution is 2.13. The quantitative estimate of drug-likeness (QED) is 0.722. The van der Waals surface area contributed by atoms with Gasteiger partial charge in [0.1, 0.15) is 0 Å². The van der Waals surface area contributed by atoms with Gasteiger partial charge < -0.3 is 10.6 Å². The SMILES string of the molecule is CC(C(=O)Nc1cccc(I)c1)N1CCNCC1.Cl.Cl. The molecule has 2 rings (SSSR count). The van der Waals surface area contributed by atoms with Gasteiger partial charge in [0, 0.05) is 35.4 Å². The van der Waals surface area contributed by atoms with Crippen molar-refractivity contribution in [2.75, 3.05) is 31.5 Å². The van der Waals surface area contributed by atoms with E-state index in [1.807, 2.05) is 31.2 Å². The molecule has 4 nitrogen and oxygen atoms in total. The Hall–Kier alpha value is -0.0800. The van der Waals surface area contributed by atoms with Crippen molar-refractivity contribution in [3.63, 3.8) is 0 Å². The number of carbonyl (C=O) groups excluding carboxylic acids is 1. The Kier molecular flexibility index (Phi) is 9.74. The Balaban J connectivity index is 0.00000180. The van der Waals surface area contributed by atoms with Crippen LogP contribution in [0.2, 0.25) is 0 Å². The summed E-state index contributed by atoms with van der Waals surface area (Å²) in [5, 5.41) is 6.27. The number of hydrogen-bond acceptors (Lipinski definition) is 3. The Labute approximate surface area is 146 Å². The van der Waals surface area contributed by atoms with Crippen LogP contribution in [0, 0.1) is 3.57 Å². The average Bonchev–Trinajstić information content (AvgIpc) is 2.39. The van der Waals surface area contributed by atoms with Crippen LogP contribution >= 0.6 is 47.4 Å². The Morgan fingerprint density at radius 2 is 2.00 bits per heavy atom. The second kappa shape index (κ2) is 9.78. The number of halogens is 3. The minimum Gasteiger partial charge on any atom is -0.325 e. The van der Waals surface area contributed by atoms with E-state index in [4.69, 9.17) is 0 Å². The van der Waals surface area contributed by atoms with E-state index in [0.29, 0.717) is 0 Å². The van der Waals surface area contributed by atoms with Gasteiger partial charge >= 0.3 is 0 Å². The van der Waals surface area contributed by atoms with Crippen LogP contribution in [0.15, 0.2) is 24.3 Å². The van der Waals surface area contributed by atoms with E-state index in [1.54, 1.807) is 0 Å². The van der Waals surface area contributed by atoms with Crippen molar-refractivity contribution >= 4 is 59.0 Å². The van der Waals surface area contributed by atoms with E-state index in [9.17, 15) is 4.79 Å². The van der Waals surface area contributed by atoms with Crippen molar-refractivity contribution in [2.24, 2.45) is 0 Å². The molecule has 1 amide bonds. The summed E-state index contributed by atoms with van der Waals surface area (Å²) in [5.74, 6) is 0.0684. The standard InChI is InChI=1S/C13H18IN3O.2ClH/c1-10(17-7-5-15-6-8-17)13(18)16-12-4-2-3-11(14)9-12;;/h2-4,9-10,15H,5-8H2,1H3,(H,16,18);2*1H. The van der Waals surface area contributed by atoms with Gasteiger partial charge in [0.25, 0.3) is 0 Å². The third-order valence-corrected chi connectivity index (χ3v) is 3.84. The molecule has 1 atom stereocenters. The molecule has 1 unspecified atom stereocenters. The van der Waals surface area contributed by atoms with Gasteiger partial charge in [-0.3, -0.25) is 9.69 Å². The summed E-state index contributed by atoms with van der Waals surface area (Å²) in [6, 6.07) is 7.78. The van der Waals surface area contributed by atoms with E-state index >= 15 is 0 Å². The third-order valence-electron chi connectivity index (χ3n) is 3.17. The number of piperazine rings is 1. The lowest BCUT2D eigenvalue weighted by molar-refractivity contribution is -0.120. The number of amides is 1. The monoisotopic (exact) mass is 431 g/mol. The zero-order valence-corrected chi connectivity index (χ0v) is 15.1. The number of hydrogen-bond donors (Lipinski definition) is 2. The van der Waals surface area contributed by atoms with E-state index in [2.05, 4.69) is 38.1 Å². The first-order valence-electron chi connectivity index (χ1n) is 6.18. The molecular formula is C13H20Cl2IN3O. The highest BCUT2D eigenvalue weighted by atomic mass is 127. The van der Waals surface area contributed by atoms with Gasteiger partial charge in [-0.1, -0.05) is 6.07 Å². The Morgan fingerprint density at radius 3 is 2.60 bits per heavy atom. The summed E-state index contributed by atoms with van der Waals surface area (Å²) < 4.78 is 1.13. The van der Waals surface area contributed by atoms with Crippen LogP contribution in [0.5, 0.6) is 0 Å². The molecule has 1 heterocycles. The lowest BCUT2D eigenvalue weighted by Crippen LogP contribution is -2.51. The molecule has 1 aliphatic heterocycles. The van der Waals surface area contributed by atoms with Crippen LogP contribution in [0.3, 0.4) is 0 Å². The van der Waals surface area contributed by atoms with Crippen molar-refractivity contribution in [1.82, 2.24) is 10.2 Å². The fourth-order valence-corrected chi connectivity index (χ4v) is 2.59. The maximum atomic E-state index is 12.1. The molecule has 0 aromatic heterocycles. The molecule has 1 aliphatic rings. The molecule has 7 heteroatoms. The van der Waals surface area contributed by atoms with Gasteiger partial charge in [0.2, 0.25) is 5.91 Å². The predicted molar refractivity (Wildman–Crippen MR) is 96.2 cm³/mol. The van der Waals surface area contributed by atoms with Crippen LogP contribution in [0.1, 0.15) is 6.92 Å². The van der Waals surface area contributed by atoms with Gasteiger partial charge in [-0.2, -0.15) is 0 Å². The summed E-state index contributed by atoms with van der Waals surface area (Å²) in [6.45, 7) is 5.75. The first-order chi connectivity index (χ1) is 8.66. The van der Waals surface area contributed by atoms with Crippen LogP contribution in [0.4, 0.5) is 5.69 Å². The van der Waals surface area contributed by atoms with Crippen molar-refractivity contribution in [2.45, 2.75) is 13.0 Å². The Bertz CT molecular complexity index is 428. The molecular weight excluding hydrogens is 412 g/mol. The summed E-state index contributed by atoms with van der Waals surface area (Å²) in [5.41, 5.74) is 0.869. The minimum atomic E-state index is -0.0787. The van der Waals surface area contributed by atoms with Crippen LogP contribution in [0.25, 0.3) is 0 Å². The van der Waals surface area contributed by atoms with Gasteiger partial charge in [-0.25, -0.2) is 0 Å². The largest absolute Gasteiger partial charge is 0.325 e. The van der Waals surface area contributed by atoms with Gasteiger partial charge in [0.15, 0.2) is 0 Å².